The molecule has 2 aromatic rings. The summed E-state index contributed by atoms with van der Waals surface area (Å²) in [5, 5.41) is 6.56. The maximum Gasteiger partial charge on any atom is 0.0898 e. The second kappa shape index (κ2) is 4.76. The van der Waals surface area contributed by atoms with E-state index in [4.69, 9.17) is 0 Å². The lowest BCUT2D eigenvalue weighted by Gasteiger charge is -2.14. The van der Waals surface area contributed by atoms with E-state index in [1.807, 2.05) is 14.0 Å². The fourth-order valence-corrected chi connectivity index (χ4v) is 2.49. The molecule has 16 heavy (non-hydrogen) atoms. The van der Waals surface area contributed by atoms with Crippen LogP contribution in [0.1, 0.15) is 27.9 Å². The van der Waals surface area contributed by atoms with Crippen molar-refractivity contribution in [3.63, 3.8) is 0 Å². The van der Waals surface area contributed by atoms with Crippen LogP contribution in [-0.4, -0.2) is 12.0 Å². The van der Waals surface area contributed by atoms with Crippen LogP contribution < -0.4 is 5.32 Å². The SMILES string of the molecule is CNC(c1cccc(C)c1)c1csc(C)n1. The molecule has 0 saturated carbocycles. The lowest BCUT2D eigenvalue weighted by atomic mass is 10.0. The van der Waals surface area contributed by atoms with Gasteiger partial charge in [-0.1, -0.05) is 29.8 Å². The molecule has 0 aliphatic heterocycles. The number of hydrogen-bond acceptors (Lipinski definition) is 3. The molecule has 0 aliphatic rings. The first-order valence-corrected chi connectivity index (χ1v) is 6.24. The summed E-state index contributed by atoms with van der Waals surface area (Å²) in [5.41, 5.74) is 3.66. The molecule has 3 heteroatoms. The number of nitrogens with one attached hydrogen (secondary N) is 1. The minimum atomic E-state index is 0.199. The van der Waals surface area contributed by atoms with E-state index in [9.17, 15) is 0 Å². The number of thiazole rings is 1. The molecule has 0 spiro atoms. The summed E-state index contributed by atoms with van der Waals surface area (Å²) in [6, 6.07) is 8.75. The van der Waals surface area contributed by atoms with Crippen molar-refractivity contribution in [1.82, 2.24) is 10.3 Å². The van der Waals surface area contributed by atoms with Crippen molar-refractivity contribution < 1.29 is 0 Å². The predicted octanol–water partition coefficient (Wildman–Crippen LogP) is 3.07. The molecule has 0 bridgehead atoms. The Morgan fingerprint density at radius 3 is 2.69 bits per heavy atom. The van der Waals surface area contributed by atoms with Gasteiger partial charge in [-0.2, -0.15) is 0 Å². The maximum absolute atomic E-state index is 4.54. The molecular formula is C13H16N2S. The summed E-state index contributed by atoms with van der Waals surface area (Å²) in [6.07, 6.45) is 0. The first-order valence-electron chi connectivity index (χ1n) is 5.36. The van der Waals surface area contributed by atoms with Gasteiger partial charge in [-0.3, -0.25) is 0 Å². The van der Waals surface area contributed by atoms with Crippen LogP contribution in [0.5, 0.6) is 0 Å². The molecule has 1 heterocycles. The van der Waals surface area contributed by atoms with Crippen molar-refractivity contribution >= 4 is 11.3 Å². The van der Waals surface area contributed by atoms with Gasteiger partial charge in [0.25, 0.3) is 0 Å². The molecule has 84 valence electrons. The molecule has 0 amide bonds. The summed E-state index contributed by atoms with van der Waals surface area (Å²) in [7, 11) is 1.97. The highest BCUT2D eigenvalue weighted by Crippen LogP contribution is 2.23. The Bertz CT molecular complexity index is 476. The monoisotopic (exact) mass is 232 g/mol. The highest BCUT2D eigenvalue weighted by atomic mass is 32.1. The minimum Gasteiger partial charge on any atom is -0.308 e. The molecule has 0 fully saturated rings. The van der Waals surface area contributed by atoms with E-state index < -0.39 is 0 Å². The number of aromatic nitrogens is 1. The summed E-state index contributed by atoms with van der Waals surface area (Å²) in [6.45, 7) is 4.15. The van der Waals surface area contributed by atoms with Gasteiger partial charge >= 0.3 is 0 Å². The van der Waals surface area contributed by atoms with Crippen LogP contribution in [0.3, 0.4) is 0 Å². The lowest BCUT2D eigenvalue weighted by molar-refractivity contribution is 0.673. The molecule has 1 atom stereocenters. The predicted molar refractivity (Wildman–Crippen MR) is 68.9 cm³/mol. The van der Waals surface area contributed by atoms with E-state index in [0.29, 0.717) is 0 Å². The van der Waals surface area contributed by atoms with Crippen LogP contribution in [0, 0.1) is 13.8 Å². The molecule has 2 rings (SSSR count). The van der Waals surface area contributed by atoms with E-state index in [1.54, 1.807) is 11.3 Å². The molecule has 1 aromatic heterocycles. The highest BCUT2D eigenvalue weighted by Gasteiger charge is 2.14. The van der Waals surface area contributed by atoms with Crippen LogP contribution in [0.2, 0.25) is 0 Å². The Morgan fingerprint density at radius 2 is 2.12 bits per heavy atom. The van der Waals surface area contributed by atoms with Crippen molar-refractivity contribution in [2.75, 3.05) is 7.05 Å². The van der Waals surface area contributed by atoms with E-state index in [2.05, 4.69) is 46.9 Å². The Labute approximate surface area is 100 Å². The summed E-state index contributed by atoms with van der Waals surface area (Å²) in [5.74, 6) is 0. The van der Waals surface area contributed by atoms with Crippen molar-refractivity contribution in [2.24, 2.45) is 0 Å². The largest absolute Gasteiger partial charge is 0.308 e. The van der Waals surface area contributed by atoms with Gasteiger partial charge in [-0.25, -0.2) is 4.98 Å². The fraction of sp³-hybridized carbons (Fsp3) is 0.308. The van der Waals surface area contributed by atoms with Crippen molar-refractivity contribution in [2.45, 2.75) is 19.9 Å². The van der Waals surface area contributed by atoms with Crippen molar-refractivity contribution in [3.8, 4) is 0 Å². The Kier molecular flexibility index (Phi) is 3.36. The van der Waals surface area contributed by atoms with E-state index in [0.717, 1.165) is 10.7 Å². The molecule has 1 aromatic carbocycles. The smallest absolute Gasteiger partial charge is 0.0898 e. The number of aryl methyl sites for hydroxylation is 2. The maximum atomic E-state index is 4.54. The second-order valence-electron chi connectivity index (χ2n) is 3.93. The molecular weight excluding hydrogens is 216 g/mol. The first-order chi connectivity index (χ1) is 7.70. The van der Waals surface area contributed by atoms with Gasteiger partial charge in [0.05, 0.1) is 16.7 Å². The number of rotatable bonds is 3. The number of hydrogen-bond donors (Lipinski definition) is 1. The fourth-order valence-electron chi connectivity index (χ4n) is 1.85. The lowest BCUT2D eigenvalue weighted by Crippen LogP contribution is -2.18. The van der Waals surface area contributed by atoms with Crippen LogP contribution >= 0.6 is 11.3 Å². The first kappa shape index (κ1) is 11.3. The number of benzene rings is 1. The van der Waals surface area contributed by atoms with Crippen LogP contribution in [0.15, 0.2) is 29.6 Å². The van der Waals surface area contributed by atoms with Crippen molar-refractivity contribution in [3.05, 3.63) is 51.5 Å². The zero-order chi connectivity index (χ0) is 11.5. The summed E-state index contributed by atoms with van der Waals surface area (Å²) in [4.78, 5) is 4.54. The Morgan fingerprint density at radius 1 is 1.31 bits per heavy atom. The quantitative estimate of drug-likeness (QED) is 0.879. The van der Waals surface area contributed by atoms with E-state index >= 15 is 0 Å². The summed E-state index contributed by atoms with van der Waals surface area (Å²) < 4.78 is 0. The van der Waals surface area contributed by atoms with Crippen LogP contribution in [0.25, 0.3) is 0 Å². The Hall–Kier alpha value is -1.19. The van der Waals surface area contributed by atoms with Gasteiger partial charge in [0.15, 0.2) is 0 Å². The van der Waals surface area contributed by atoms with Gasteiger partial charge < -0.3 is 5.32 Å². The molecule has 0 aliphatic carbocycles. The van der Waals surface area contributed by atoms with Gasteiger partial charge in [-0.15, -0.1) is 11.3 Å². The third-order valence-electron chi connectivity index (χ3n) is 2.60. The highest BCUT2D eigenvalue weighted by molar-refractivity contribution is 7.09. The van der Waals surface area contributed by atoms with E-state index in [-0.39, 0.29) is 6.04 Å². The zero-order valence-corrected chi connectivity index (χ0v) is 10.6. The standard InChI is InChI=1S/C13H16N2S/c1-9-5-4-6-11(7-9)13(14-3)12-8-16-10(2)15-12/h4-8,13-14H,1-3H3. The number of nitrogens with zero attached hydrogens (tertiary/aromatic N) is 1. The van der Waals surface area contributed by atoms with Gasteiger partial charge in [0, 0.05) is 5.38 Å². The topological polar surface area (TPSA) is 24.9 Å². The minimum absolute atomic E-state index is 0.199. The molecule has 1 N–H and O–H groups in total. The molecule has 0 radical (unpaired) electrons. The third-order valence-corrected chi connectivity index (χ3v) is 3.39. The van der Waals surface area contributed by atoms with Gasteiger partial charge in [0.2, 0.25) is 0 Å². The van der Waals surface area contributed by atoms with E-state index in [1.165, 1.54) is 11.1 Å². The third kappa shape index (κ3) is 2.31. The van der Waals surface area contributed by atoms with Crippen molar-refractivity contribution in [1.29, 1.82) is 0 Å². The van der Waals surface area contributed by atoms with Gasteiger partial charge in [0.1, 0.15) is 0 Å². The molecule has 0 saturated heterocycles. The average Bonchev–Trinajstić information content (AvgIpc) is 2.66. The van der Waals surface area contributed by atoms with Crippen LogP contribution in [0.4, 0.5) is 0 Å². The normalized spacial score (nSPS) is 12.7. The van der Waals surface area contributed by atoms with Crippen LogP contribution in [-0.2, 0) is 0 Å². The summed E-state index contributed by atoms with van der Waals surface area (Å²) >= 11 is 1.70. The second-order valence-corrected chi connectivity index (χ2v) is 4.99. The van der Waals surface area contributed by atoms with Gasteiger partial charge in [-0.05, 0) is 26.5 Å². The molecule has 2 nitrogen and oxygen atoms in total. The zero-order valence-electron chi connectivity index (χ0n) is 9.82. The average molecular weight is 232 g/mol. The molecule has 1 unspecified atom stereocenters. The Balaban J connectivity index is 2.36.